The van der Waals surface area contributed by atoms with Crippen LogP contribution in [0.5, 0.6) is 5.75 Å². The first-order chi connectivity index (χ1) is 5.72. The van der Waals surface area contributed by atoms with Gasteiger partial charge in [0.1, 0.15) is 12.0 Å². The summed E-state index contributed by atoms with van der Waals surface area (Å²) in [6.45, 7) is 1.73. The maximum Gasteiger partial charge on any atom is 0.169 e. The molecular weight excluding hydrogens is 176 g/mol. The molecular formula is C9H9ClO2. The third-order valence-electron chi connectivity index (χ3n) is 1.31. The first-order valence-electron chi connectivity index (χ1n) is 3.58. The van der Waals surface area contributed by atoms with Gasteiger partial charge >= 0.3 is 0 Å². The lowest BCUT2D eigenvalue weighted by molar-refractivity contribution is 0.112. The van der Waals surface area contributed by atoms with E-state index in [0.717, 1.165) is 6.29 Å². The van der Waals surface area contributed by atoms with Gasteiger partial charge in [0.25, 0.3) is 0 Å². The van der Waals surface area contributed by atoms with Crippen LogP contribution in [0.2, 0.25) is 0 Å². The molecule has 0 radical (unpaired) electrons. The van der Waals surface area contributed by atoms with Crippen molar-refractivity contribution in [1.82, 2.24) is 0 Å². The standard InChI is InChI=1S/C9H9ClO2/c1-7(10)12-9-4-2-8(6-11)3-5-9/h2-7H,1H3. The average Bonchev–Trinajstić information content (AvgIpc) is 2.05. The maximum atomic E-state index is 10.3. The van der Waals surface area contributed by atoms with Gasteiger partial charge in [-0.1, -0.05) is 11.6 Å². The number of hydrogen-bond donors (Lipinski definition) is 0. The summed E-state index contributed by atoms with van der Waals surface area (Å²) < 4.78 is 5.16. The fraction of sp³-hybridized carbons (Fsp3) is 0.222. The number of rotatable bonds is 3. The summed E-state index contributed by atoms with van der Waals surface area (Å²) in [4.78, 5) is 10.3. The third-order valence-corrected chi connectivity index (χ3v) is 1.40. The van der Waals surface area contributed by atoms with Crippen molar-refractivity contribution in [2.45, 2.75) is 12.5 Å². The second kappa shape index (κ2) is 4.12. The van der Waals surface area contributed by atoms with Crippen LogP contribution in [0.3, 0.4) is 0 Å². The Kier molecular flexibility index (Phi) is 3.11. The van der Waals surface area contributed by atoms with Crippen molar-refractivity contribution in [3.63, 3.8) is 0 Å². The highest BCUT2D eigenvalue weighted by molar-refractivity contribution is 6.19. The Labute approximate surface area is 76.1 Å². The Morgan fingerprint density at radius 2 is 2.00 bits per heavy atom. The zero-order valence-electron chi connectivity index (χ0n) is 6.66. The van der Waals surface area contributed by atoms with Gasteiger partial charge in [-0.2, -0.15) is 0 Å². The zero-order valence-corrected chi connectivity index (χ0v) is 7.41. The zero-order chi connectivity index (χ0) is 8.97. The van der Waals surface area contributed by atoms with Gasteiger partial charge < -0.3 is 4.74 Å². The number of halogens is 1. The molecule has 0 aliphatic carbocycles. The molecule has 0 amide bonds. The van der Waals surface area contributed by atoms with Crippen LogP contribution in [-0.2, 0) is 0 Å². The molecule has 2 nitrogen and oxygen atoms in total. The summed E-state index contributed by atoms with van der Waals surface area (Å²) in [6.07, 6.45) is 0.786. The van der Waals surface area contributed by atoms with Crippen molar-refractivity contribution in [2.75, 3.05) is 0 Å². The summed E-state index contributed by atoms with van der Waals surface area (Å²) in [5, 5.41) is 0. The highest BCUT2D eigenvalue weighted by atomic mass is 35.5. The number of carbonyl (C=O) groups is 1. The van der Waals surface area contributed by atoms with E-state index in [0.29, 0.717) is 11.3 Å². The van der Waals surface area contributed by atoms with E-state index < -0.39 is 0 Å². The molecule has 0 aliphatic rings. The molecule has 1 unspecified atom stereocenters. The summed E-state index contributed by atoms with van der Waals surface area (Å²) in [7, 11) is 0. The molecule has 64 valence electrons. The van der Waals surface area contributed by atoms with E-state index in [-0.39, 0.29) is 5.56 Å². The van der Waals surface area contributed by atoms with E-state index in [1.54, 1.807) is 31.2 Å². The molecule has 3 heteroatoms. The molecule has 1 atom stereocenters. The summed E-state index contributed by atoms with van der Waals surface area (Å²) in [5.41, 5.74) is 0.275. The molecule has 0 aliphatic heterocycles. The fourth-order valence-corrected chi connectivity index (χ4v) is 0.915. The van der Waals surface area contributed by atoms with Crippen molar-refractivity contribution < 1.29 is 9.53 Å². The van der Waals surface area contributed by atoms with Crippen LogP contribution in [0, 0.1) is 0 Å². The third kappa shape index (κ3) is 2.55. The Balaban J connectivity index is 2.71. The van der Waals surface area contributed by atoms with Crippen LogP contribution in [0.1, 0.15) is 17.3 Å². The number of ether oxygens (including phenoxy) is 1. The fourth-order valence-electron chi connectivity index (χ4n) is 0.812. The van der Waals surface area contributed by atoms with Gasteiger partial charge in [0.2, 0.25) is 0 Å². The molecule has 0 saturated heterocycles. The van der Waals surface area contributed by atoms with Gasteiger partial charge in [-0.05, 0) is 31.2 Å². The Hall–Kier alpha value is -1.02. The first kappa shape index (κ1) is 9.07. The predicted molar refractivity (Wildman–Crippen MR) is 47.8 cm³/mol. The number of alkyl halides is 1. The monoisotopic (exact) mass is 184 g/mol. The minimum atomic E-state index is -0.355. The second-order valence-electron chi connectivity index (χ2n) is 2.35. The highest BCUT2D eigenvalue weighted by Crippen LogP contribution is 2.13. The quantitative estimate of drug-likeness (QED) is 0.533. The van der Waals surface area contributed by atoms with Crippen molar-refractivity contribution >= 4 is 17.9 Å². The van der Waals surface area contributed by atoms with E-state index in [4.69, 9.17) is 16.3 Å². The Bertz CT molecular complexity index is 254. The van der Waals surface area contributed by atoms with Crippen molar-refractivity contribution in [2.24, 2.45) is 0 Å². The van der Waals surface area contributed by atoms with Crippen LogP contribution in [0.15, 0.2) is 24.3 Å². The van der Waals surface area contributed by atoms with E-state index in [1.807, 2.05) is 0 Å². The van der Waals surface area contributed by atoms with E-state index in [1.165, 1.54) is 0 Å². The van der Waals surface area contributed by atoms with Crippen molar-refractivity contribution in [1.29, 1.82) is 0 Å². The predicted octanol–water partition coefficient (Wildman–Crippen LogP) is 2.46. The lowest BCUT2D eigenvalue weighted by Gasteiger charge is -2.06. The van der Waals surface area contributed by atoms with Crippen LogP contribution >= 0.6 is 11.6 Å². The molecule has 0 heterocycles. The van der Waals surface area contributed by atoms with Gasteiger partial charge in [0, 0.05) is 5.56 Å². The van der Waals surface area contributed by atoms with Gasteiger partial charge in [-0.15, -0.1) is 0 Å². The van der Waals surface area contributed by atoms with Crippen LogP contribution in [0.4, 0.5) is 0 Å². The molecule has 1 rings (SSSR count). The molecule has 0 saturated carbocycles. The van der Waals surface area contributed by atoms with Crippen LogP contribution in [0.25, 0.3) is 0 Å². The number of aldehydes is 1. The molecule has 0 bridgehead atoms. The van der Waals surface area contributed by atoms with E-state index in [9.17, 15) is 4.79 Å². The van der Waals surface area contributed by atoms with Gasteiger partial charge in [-0.3, -0.25) is 4.79 Å². The van der Waals surface area contributed by atoms with E-state index >= 15 is 0 Å². The SMILES string of the molecule is CC(Cl)Oc1ccc(C=O)cc1. The second-order valence-corrected chi connectivity index (χ2v) is 2.96. The van der Waals surface area contributed by atoms with Gasteiger partial charge in [0.05, 0.1) is 0 Å². The molecule has 0 spiro atoms. The summed E-state index contributed by atoms with van der Waals surface area (Å²) in [6, 6.07) is 6.79. The minimum Gasteiger partial charge on any atom is -0.475 e. The highest BCUT2D eigenvalue weighted by Gasteiger charge is 1.97. The van der Waals surface area contributed by atoms with Crippen LogP contribution < -0.4 is 4.74 Å². The van der Waals surface area contributed by atoms with Crippen LogP contribution in [-0.4, -0.2) is 11.8 Å². The molecule has 0 aromatic heterocycles. The molecule has 0 fully saturated rings. The smallest absolute Gasteiger partial charge is 0.169 e. The molecule has 1 aromatic carbocycles. The Morgan fingerprint density at radius 3 is 2.42 bits per heavy atom. The minimum absolute atomic E-state index is 0.355. The van der Waals surface area contributed by atoms with E-state index in [2.05, 4.69) is 0 Å². The largest absolute Gasteiger partial charge is 0.475 e. The maximum absolute atomic E-state index is 10.3. The lowest BCUT2D eigenvalue weighted by Crippen LogP contribution is -2.01. The number of benzene rings is 1. The summed E-state index contributed by atoms with van der Waals surface area (Å²) >= 11 is 5.59. The Morgan fingerprint density at radius 1 is 1.42 bits per heavy atom. The lowest BCUT2D eigenvalue weighted by atomic mass is 10.2. The van der Waals surface area contributed by atoms with Crippen molar-refractivity contribution in [3.05, 3.63) is 29.8 Å². The first-order valence-corrected chi connectivity index (χ1v) is 4.02. The topological polar surface area (TPSA) is 26.3 Å². The summed E-state index contributed by atoms with van der Waals surface area (Å²) in [5.74, 6) is 0.670. The van der Waals surface area contributed by atoms with Crippen molar-refractivity contribution in [3.8, 4) is 5.75 Å². The number of carbonyl (C=O) groups excluding carboxylic acids is 1. The van der Waals surface area contributed by atoms with Gasteiger partial charge in [-0.25, -0.2) is 0 Å². The molecule has 0 N–H and O–H groups in total. The molecule has 1 aromatic rings. The normalized spacial score (nSPS) is 12.2. The molecule has 12 heavy (non-hydrogen) atoms. The average molecular weight is 185 g/mol. The van der Waals surface area contributed by atoms with Gasteiger partial charge in [0.15, 0.2) is 5.56 Å². The number of hydrogen-bond acceptors (Lipinski definition) is 2.